The SMILES string of the molecule is C=C(N)C(=O)OCc1ccc([N+](N)(N)N=O)cc1. The number of esters is 1. The third kappa shape index (κ3) is 3.35. The first-order chi connectivity index (χ1) is 8.36. The van der Waals surface area contributed by atoms with Gasteiger partial charge < -0.3 is 10.5 Å². The second kappa shape index (κ2) is 5.36. The van der Waals surface area contributed by atoms with Crippen LogP contribution in [0.15, 0.2) is 41.8 Å². The summed E-state index contributed by atoms with van der Waals surface area (Å²) in [6.07, 6.45) is 0. The molecule has 0 unspecified atom stereocenters. The van der Waals surface area contributed by atoms with Crippen LogP contribution in [0.4, 0.5) is 5.69 Å². The van der Waals surface area contributed by atoms with Crippen molar-refractivity contribution in [2.75, 3.05) is 0 Å². The Kier molecular flexibility index (Phi) is 4.10. The van der Waals surface area contributed by atoms with Gasteiger partial charge >= 0.3 is 5.97 Å². The van der Waals surface area contributed by atoms with Gasteiger partial charge in [0.1, 0.15) is 12.3 Å². The number of hydrogen-bond donors (Lipinski definition) is 3. The maximum absolute atomic E-state index is 11.0. The Bertz CT molecular complexity index is 469. The number of quaternary nitrogens is 1. The summed E-state index contributed by atoms with van der Waals surface area (Å²) in [5.41, 5.74) is 5.95. The molecule has 0 saturated heterocycles. The predicted molar refractivity (Wildman–Crippen MR) is 65.5 cm³/mol. The Morgan fingerprint density at radius 1 is 1.33 bits per heavy atom. The minimum Gasteiger partial charge on any atom is -0.456 e. The van der Waals surface area contributed by atoms with Crippen LogP contribution >= 0.6 is 0 Å². The van der Waals surface area contributed by atoms with E-state index < -0.39 is 10.8 Å². The van der Waals surface area contributed by atoms with Crippen molar-refractivity contribution < 1.29 is 9.53 Å². The van der Waals surface area contributed by atoms with Gasteiger partial charge in [0.25, 0.3) is 0 Å². The average molecular weight is 252 g/mol. The molecule has 0 spiro atoms. The van der Waals surface area contributed by atoms with Crippen LogP contribution < -0.4 is 22.2 Å². The molecule has 1 rings (SSSR count). The number of rotatable bonds is 5. The number of carbonyl (C=O) groups is 1. The zero-order chi connectivity index (χ0) is 13.8. The number of ether oxygens (including phenoxy) is 1. The van der Waals surface area contributed by atoms with Crippen molar-refractivity contribution in [3.05, 3.63) is 47.0 Å². The molecule has 6 N–H and O–H groups in total. The van der Waals surface area contributed by atoms with Crippen molar-refractivity contribution in [1.82, 2.24) is 4.81 Å². The van der Waals surface area contributed by atoms with E-state index >= 15 is 0 Å². The number of nitrogens with two attached hydrogens (primary N) is 3. The Hall–Kier alpha value is -2.29. The molecule has 0 bridgehead atoms. The molecule has 0 saturated carbocycles. The van der Waals surface area contributed by atoms with Crippen molar-refractivity contribution >= 4 is 11.7 Å². The van der Waals surface area contributed by atoms with Gasteiger partial charge in [-0.1, -0.05) is 11.5 Å². The lowest BCUT2D eigenvalue weighted by Gasteiger charge is -2.14. The van der Waals surface area contributed by atoms with Gasteiger partial charge in [0.15, 0.2) is 0 Å². The van der Waals surface area contributed by atoms with Crippen LogP contribution in [-0.2, 0) is 16.1 Å². The van der Waals surface area contributed by atoms with E-state index in [1.807, 2.05) is 0 Å². The third-order valence-corrected chi connectivity index (χ3v) is 2.12. The molecule has 8 nitrogen and oxygen atoms in total. The summed E-state index contributed by atoms with van der Waals surface area (Å²) in [6, 6.07) is 6.20. The zero-order valence-electron chi connectivity index (χ0n) is 9.57. The molecule has 8 heteroatoms. The first-order valence-corrected chi connectivity index (χ1v) is 4.89. The highest BCUT2D eigenvalue weighted by Crippen LogP contribution is 2.16. The summed E-state index contributed by atoms with van der Waals surface area (Å²) in [4.78, 5) is 20.3. The summed E-state index contributed by atoms with van der Waals surface area (Å²) >= 11 is 0. The lowest BCUT2D eigenvalue weighted by molar-refractivity contribution is -0.140. The Balaban J connectivity index is 2.69. The second-order valence-corrected chi connectivity index (χ2v) is 3.59. The van der Waals surface area contributed by atoms with Crippen molar-refractivity contribution in [2.24, 2.45) is 22.7 Å². The molecule has 0 aliphatic rings. The van der Waals surface area contributed by atoms with E-state index in [1.54, 1.807) is 12.1 Å². The van der Waals surface area contributed by atoms with Gasteiger partial charge in [-0.2, -0.15) is 0 Å². The second-order valence-electron chi connectivity index (χ2n) is 3.59. The zero-order valence-corrected chi connectivity index (χ0v) is 9.57. The fraction of sp³-hybridized carbons (Fsp3) is 0.100. The standard InChI is InChI=1S/C10H14N5O3/c1-7(11)10(16)18-6-8-2-4-9(5-3-8)15(12,13)14-17/h2-5H,1,6,11-13H2/q+1. The quantitative estimate of drug-likeness (QED) is 0.168. The first-order valence-electron chi connectivity index (χ1n) is 4.89. The third-order valence-electron chi connectivity index (χ3n) is 2.12. The van der Waals surface area contributed by atoms with Crippen molar-refractivity contribution in [3.8, 4) is 0 Å². The first kappa shape index (κ1) is 13.8. The highest BCUT2D eigenvalue weighted by molar-refractivity contribution is 5.86. The van der Waals surface area contributed by atoms with Crippen LogP contribution in [0.25, 0.3) is 0 Å². The van der Waals surface area contributed by atoms with Gasteiger partial charge in [-0.05, 0) is 17.7 Å². The number of carbonyl (C=O) groups excluding carboxylic acids is 1. The normalized spacial score (nSPS) is 10.8. The van der Waals surface area contributed by atoms with Crippen LogP contribution in [0.2, 0.25) is 0 Å². The molecule has 1 aromatic rings. The highest BCUT2D eigenvalue weighted by atomic mass is 16.5. The lowest BCUT2D eigenvalue weighted by Crippen LogP contribution is -2.57. The molecule has 0 aromatic heterocycles. The summed E-state index contributed by atoms with van der Waals surface area (Å²) in [5, 5.41) is 2.55. The van der Waals surface area contributed by atoms with E-state index in [-0.39, 0.29) is 12.3 Å². The highest BCUT2D eigenvalue weighted by Gasteiger charge is 2.23. The largest absolute Gasteiger partial charge is 0.456 e. The molecule has 0 heterocycles. The summed E-state index contributed by atoms with van der Waals surface area (Å²) in [6.45, 7) is 3.27. The van der Waals surface area contributed by atoms with Crippen LogP contribution in [0.3, 0.4) is 0 Å². The number of nitroso groups, excluding NO2 is 1. The molecule has 0 aliphatic carbocycles. The summed E-state index contributed by atoms with van der Waals surface area (Å²) < 4.78 is 4.83. The predicted octanol–water partition coefficient (Wildman–Crippen LogP) is -0.0617. The van der Waals surface area contributed by atoms with Gasteiger partial charge in [0.05, 0.1) is 0 Å². The van der Waals surface area contributed by atoms with Crippen LogP contribution in [0.1, 0.15) is 5.56 Å². The molecule has 18 heavy (non-hydrogen) atoms. The Morgan fingerprint density at radius 2 is 1.89 bits per heavy atom. The van der Waals surface area contributed by atoms with Gasteiger partial charge in [-0.25, -0.2) is 4.79 Å². The average Bonchev–Trinajstić information content (AvgIpc) is 2.36. The minimum absolute atomic E-state index is 0.0268. The number of benzene rings is 1. The van der Waals surface area contributed by atoms with E-state index in [0.717, 1.165) is 0 Å². The van der Waals surface area contributed by atoms with Gasteiger partial charge in [0, 0.05) is 16.9 Å². The van der Waals surface area contributed by atoms with Crippen molar-refractivity contribution in [2.45, 2.75) is 6.61 Å². The molecular weight excluding hydrogens is 238 g/mol. The van der Waals surface area contributed by atoms with E-state index in [0.29, 0.717) is 11.3 Å². The minimum atomic E-state index is -1.11. The van der Waals surface area contributed by atoms with Crippen LogP contribution in [0, 0.1) is 4.91 Å². The summed E-state index contributed by atoms with van der Waals surface area (Å²) in [7, 11) is 0. The van der Waals surface area contributed by atoms with Crippen LogP contribution in [-0.4, -0.2) is 5.97 Å². The molecule has 0 aliphatic heterocycles. The van der Waals surface area contributed by atoms with E-state index in [2.05, 4.69) is 11.9 Å². The lowest BCUT2D eigenvalue weighted by atomic mass is 10.2. The Labute approximate surface area is 103 Å². The van der Waals surface area contributed by atoms with E-state index in [9.17, 15) is 9.70 Å². The van der Waals surface area contributed by atoms with E-state index in [4.69, 9.17) is 22.2 Å². The fourth-order valence-electron chi connectivity index (χ4n) is 1.12. The molecular formula is C10H14N5O3+. The fourth-order valence-corrected chi connectivity index (χ4v) is 1.12. The Morgan fingerprint density at radius 3 is 2.33 bits per heavy atom. The molecule has 0 radical (unpaired) electrons. The van der Waals surface area contributed by atoms with E-state index in [1.165, 1.54) is 12.1 Å². The van der Waals surface area contributed by atoms with Gasteiger partial charge in [0.2, 0.25) is 11.0 Å². The van der Waals surface area contributed by atoms with Crippen LogP contribution in [0.5, 0.6) is 0 Å². The topological polar surface area (TPSA) is 134 Å². The summed E-state index contributed by atoms with van der Waals surface area (Å²) in [5.74, 6) is 10.1. The molecule has 0 amide bonds. The van der Waals surface area contributed by atoms with Gasteiger partial charge in [-0.15, -0.1) is 11.7 Å². The number of nitrogens with zero attached hydrogens (tertiary/aromatic N) is 2. The van der Waals surface area contributed by atoms with Gasteiger partial charge in [-0.3, -0.25) is 0 Å². The monoisotopic (exact) mass is 252 g/mol. The maximum Gasteiger partial charge on any atom is 0.353 e. The maximum atomic E-state index is 11.0. The molecule has 0 fully saturated rings. The smallest absolute Gasteiger partial charge is 0.353 e. The number of hydrogen-bond acceptors (Lipinski definition) is 7. The van der Waals surface area contributed by atoms with Crippen molar-refractivity contribution in [3.63, 3.8) is 0 Å². The molecule has 0 atom stereocenters. The molecule has 1 aromatic carbocycles. The molecule has 96 valence electrons. The van der Waals surface area contributed by atoms with Crippen molar-refractivity contribution in [1.29, 1.82) is 0 Å².